The summed E-state index contributed by atoms with van der Waals surface area (Å²) < 4.78 is 0. The Hall–Kier alpha value is -0.730. The van der Waals surface area contributed by atoms with Gasteiger partial charge in [-0.05, 0) is 31.0 Å². The van der Waals surface area contributed by atoms with E-state index in [1.165, 1.54) is 0 Å². The minimum absolute atomic E-state index is 0.0363. The SMILES string of the molecule is O=C(Nc1cc(Cl)ccc1Cl)C1CC1. The number of carbonyl (C=O) groups is 1. The summed E-state index contributed by atoms with van der Waals surface area (Å²) in [6.07, 6.45) is 1.95. The molecule has 1 saturated carbocycles. The van der Waals surface area contributed by atoms with Crippen LogP contribution in [-0.4, -0.2) is 5.91 Å². The summed E-state index contributed by atoms with van der Waals surface area (Å²) in [5.74, 6) is 0.208. The molecule has 0 radical (unpaired) electrons. The van der Waals surface area contributed by atoms with Gasteiger partial charge in [-0.2, -0.15) is 0 Å². The van der Waals surface area contributed by atoms with Gasteiger partial charge in [0.15, 0.2) is 0 Å². The maximum atomic E-state index is 11.4. The molecule has 0 spiro atoms. The Balaban J connectivity index is 2.14. The fraction of sp³-hybridized carbons (Fsp3) is 0.300. The molecular weight excluding hydrogens is 221 g/mol. The Morgan fingerprint density at radius 1 is 1.36 bits per heavy atom. The van der Waals surface area contributed by atoms with Gasteiger partial charge in [0.1, 0.15) is 0 Å². The summed E-state index contributed by atoms with van der Waals surface area (Å²) >= 11 is 11.7. The van der Waals surface area contributed by atoms with E-state index < -0.39 is 0 Å². The van der Waals surface area contributed by atoms with Crippen molar-refractivity contribution < 1.29 is 4.79 Å². The van der Waals surface area contributed by atoms with Crippen LogP contribution in [0.15, 0.2) is 18.2 Å². The van der Waals surface area contributed by atoms with Gasteiger partial charge >= 0.3 is 0 Å². The van der Waals surface area contributed by atoms with E-state index >= 15 is 0 Å². The smallest absolute Gasteiger partial charge is 0.227 e. The van der Waals surface area contributed by atoms with Crippen LogP contribution in [0.4, 0.5) is 5.69 Å². The second kappa shape index (κ2) is 3.79. The Bertz CT molecular complexity index is 374. The molecule has 1 amide bonds. The maximum absolute atomic E-state index is 11.4. The van der Waals surface area contributed by atoms with Crippen LogP contribution in [0.25, 0.3) is 0 Å². The standard InChI is InChI=1S/C10H9Cl2NO/c11-7-3-4-8(12)9(5-7)13-10(14)6-1-2-6/h3-6H,1-2H2,(H,13,14). The van der Waals surface area contributed by atoms with Crippen molar-refractivity contribution in [2.45, 2.75) is 12.8 Å². The molecule has 1 aromatic carbocycles. The van der Waals surface area contributed by atoms with Crippen molar-refractivity contribution in [3.8, 4) is 0 Å². The van der Waals surface area contributed by atoms with Gasteiger partial charge < -0.3 is 5.32 Å². The van der Waals surface area contributed by atoms with Crippen LogP contribution in [-0.2, 0) is 4.79 Å². The van der Waals surface area contributed by atoms with Crippen molar-refractivity contribution in [2.75, 3.05) is 5.32 Å². The summed E-state index contributed by atoms with van der Waals surface area (Å²) in [7, 11) is 0. The van der Waals surface area contributed by atoms with Crippen LogP contribution in [0.3, 0.4) is 0 Å². The quantitative estimate of drug-likeness (QED) is 0.829. The Morgan fingerprint density at radius 3 is 2.71 bits per heavy atom. The van der Waals surface area contributed by atoms with Crippen LogP contribution >= 0.6 is 23.2 Å². The molecule has 1 aromatic rings. The number of hydrogen-bond donors (Lipinski definition) is 1. The van der Waals surface area contributed by atoms with E-state index in [1.807, 2.05) is 0 Å². The third-order valence-corrected chi connectivity index (χ3v) is 2.70. The lowest BCUT2D eigenvalue weighted by molar-refractivity contribution is -0.117. The number of hydrogen-bond acceptors (Lipinski definition) is 1. The van der Waals surface area contributed by atoms with Gasteiger partial charge in [0, 0.05) is 10.9 Å². The molecule has 1 aliphatic rings. The first-order valence-electron chi connectivity index (χ1n) is 4.43. The summed E-state index contributed by atoms with van der Waals surface area (Å²) in [6, 6.07) is 5.02. The van der Waals surface area contributed by atoms with Crippen molar-refractivity contribution in [1.82, 2.24) is 0 Å². The average Bonchev–Trinajstić information content (AvgIpc) is 2.94. The van der Waals surface area contributed by atoms with Crippen LogP contribution in [0.5, 0.6) is 0 Å². The molecule has 0 aliphatic heterocycles. The highest BCUT2D eigenvalue weighted by Crippen LogP contribution is 2.32. The zero-order valence-electron chi connectivity index (χ0n) is 7.39. The van der Waals surface area contributed by atoms with Crippen molar-refractivity contribution >= 4 is 34.8 Å². The topological polar surface area (TPSA) is 29.1 Å². The summed E-state index contributed by atoms with van der Waals surface area (Å²) in [5.41, 5.74) is 0.594. The second-order valence-corrected chi connectivity index (χ2v) is 4.23. The van der Waals surface area contributed by atoms with E-state index in [0.29, 0.717) is 15.7 Å². The normalized spacial score (nSPS) is 15.3. The molecular formula is C10H9Cl2NO. The predicted octanol–water partition coefficient (Wildman–Crippen LogP) is 3.34. The van der Waals surface area contributed by atoms with Gasteiger partial charge in [-0.25, -0.2) is 0 Å². The van der Waals surface area contributed by atoms with Crippen molar-refractivity contribution in [3.05, 3.63) is 28.2 Å². The van der Waals surface area contributed by atoms with Crippen LogP contribution in [0, 0.1) is 5.92 Å². The first-order chi connectivity index (χ1) is 6.66. The van der Waals surface area contributed by atoms with Crippen molar-refractivity contribution in [3.63, 3.8) is 0 Å². The average molecular weight is 230 g/mol. The Kier molecular flexibility index (Phi) is 2.66. The van der Waals surface area contributed by atoms with Gasteiger partial charge in [-0.15, -0.1) is 0 Å². The minimum Gasteiger partial charge on any atom is -0.324 e. The lowest BCUT2D eigenvalue weighted by Gasteiger charge is -2.06. The van der Waals surface area contributed by atoms with Gasteiger partial charge in [0.2, 0.25) is 5.91 Å². The van der Waals surface area contributed by atoms with E-state index in [0.717, 1.165) is 12.8 Å². The lowest BCUT2D eigenvalue weighted by Crippen LogP contribution is -2.13. The molecule has 1 fully saturated rings. The number of rotatable bonds is 2. The monoisotopic (exact) mass is 229 g/mol. The van der Waals surface area contributed by atoms with E-state index in [-0.39, 0.29) is 11.8 Å². The summed E-state index contributed by atoms with van der Waals surface area (Å²) in [5, 5.41) is 3.84. The first-order valence-corrected chi connectivity index (χ1v) is 5.18. The van der Waals surface area contributed by atoms with E-state index in [1.54, 1.807) is 18.2 Å². The summed E-state index contributed by atoms with van der Waals surface area (Å²) in [4.78, 5) is 11.4. The summed E-state index contributed by atoms with van der Waals surface area (Å²) in [6.45, 7) is 0. The number of amides is 1. The fourth-order valence-corrected chi connectivity index (χ4v) is 1.51. The van der Waals surface area contributed by atoms with Gasteiger partial charge in [-0.3, -0.25) is 4.79 Å². The molecule has 0 bridgehead atoms. The number of halogens is 2. The third kappa shape index (κ3) is 2.20. The molecule has 1 N–H and O–H groups in total. The van der Waals surface area contributed by atoms with Crippen molar-refractivity contribution in [2.24, 2.45) is 5.92 Å². The van der Waals surface area contributed by atoms with Gasteiger partial charge in [-0.1, -0.05) is 23.2 Å². The third-order valence-electron chi connectivity index (χ3n) is 2.13. The van der Waals surface area contributed by atoms with E-state index in [4.69, 9.17) is 23.2 Å². The van der Waals surface area contributed by atoms with Crippen LogP contribution < -0.4 is 5.32 Å². The molecule has 1 aliphatic carbocycles. The maximum Gasteiger partial charge on any atom is 0.227 e. The zero-order chi connectivity index (χ0) is 10.1. The highest BCUT2D eigenvalue weighted by molar-refractivity contribution is 6.35. The first kappa shape index (κ1) is 9.81. The van der Waals surface area contributed by atoms with Crippen molar-refractivity contribution in [1.29, 1.82) is 0 Å². The predicted molar refractivity (Wildman–Crippen MR) is 57.8 cm³/mol. The minimum atomic E-state index is 0.0363. The molecule has 2 nitrogen and oxygen atoms in total. The molecule has 0 unspecified atom stereocenters. The number of benzene rings is 1. The molecule has 0 aromatic heterocycles. The number of anilines is 1. The molecule has 2 rings (SSSR count). The molecule has 4 heteroatoms. The molecule has 0 atom stereocenters. The highest BCUT2D eigenvalue weighted by Gasteiger charge is 2.29. The van der Waals surface area contributed by atoms with Crippen LogP contribution in [0.2, 0.25) is 10.0 Å². The van der Waals surface area contributed by atoms with E-state index in [9.17, 15) is 4.79 Å². The Morgan fingerprint density at radius 2 is 2.07 bits per heavy atom. The van der Waals surface area contributed by atoms with Crippen LogP contribution in [0.1, 0.15) is 12.8 Å². The second-order valence-electron chi connectivity index (χ2n) is 3.39. The molecule has 74 valence electrons. The van der Waals surface area contributed by atoms with E-state index in [2.05, 4.69) is 5.32 Å². The molecule has 0 saturated heterocycles. The molecule has 14 heavy (non-hydrogen) atoms. The zero-order valence-corrected chi connectivity index (χ0v) is 8.90. The lowest BCUT2D eigenvalue weighted by atomic mass is 10.3. The Labute approximate surface area is 92.2 Å². The largest absolute Gasteiger partial charge is 0.324 e. The van der Waals surface area contributed by atoms with Gasteiger partial charge in [0.25, 0.3) is 0 Å². The number of nitrogens with one attached hydrogen (secondary N) is 1. The van der Waals surface area contributed by atoms with Gasteiger partial charge in [0.05, 0.1) is 10.7 Å². The number of carbonyl (C=O) groups excluding carboxylic acids is 1. The fourth-order valence-electron chi connectivity index (χ4n) is 1.17. The molecule has 0 heterocycles. The highest BCUT2D eigenvalue weighted by atomic mass is 35.5.